The van der Waals surface area contributed by atoms with Gasteiger partial charge in [-0.05, 0) is 47.2 Å². The Labute approximate surface area is 135 Å². The van der Waals surface area contributed by atoms with Gasteiger partial charge in [0.2, 0.25) is 0 Å². The van der Waals surface area contributed by atoms with Crippen LogP contribution in [0.25, 0.3) is 0 Å². The van der Waals surface area contributed by atoms with Crippen molar-refractivity contribution >= 4 is 27.5 Å². The van der Waals surface area contributed by atoms with Gasteiger partial charge in [-0.1, -0.05) is 11.6 Å². The van der Waals surface area contributed by atoms with Crippen LogP contribution in [0.2, 0.25) is 5.02 Å². The lowest BCUT2D eigenvalue weighted by molar-refractivity contribution is 0.400. The minimum atomic E-state index is -0.518. The van der Waals surface area contributed by atoms with Crippen molar-refractivity contribution < 1.29 is 13.5 Å². The molecule has 0 saturated heterocycles. The van der Waals surface area contributed by atoms with E-state index in [1.807, 2.05) is 0 Å². The van der Waals surface area contributed by atoms with Crippen molar-refractivity contribution in [1.82, 2.24) is 5.32 Å². The second kappa shape index (κ2) is 6.73. The Morgan fingerprint density at radius 3 is 2.48 bits per heavy atom. The molecule has 112 valence electrons. The number of halogens is 4. The molecule has 0 amide bonds. The monoisotopic (exact) mass is 375 g/mol. The number of benzene rings is 2. The Hall–Kier alpha value is -1.17. The first-order valence-corrected chi connectivity index (χ1v) is 7.30. The van der Waals surface area contributed by atoms with Crippen LogP contribution in [-0.4, -0.2) is 14.2 Å². The van der Waals surface area contributed by atoms with Gasteiger partial charge >= 0.3 is 0 Å². The standard InChI is InChI=1S/C15H13BrClF2NO/c1-20-15(9-5-8(17)3-4-12(9)18)10-6-11(16)13(19)7-14(10)21-2/h3-7,15,20H,1-2H3. The second-order valence-corrected chi connectivity index (χ2v) is 5.69. The maximum Gasteiger partial charge on any atom is 0.141 e. The fraction of sp³-hybridized carbons (Fsp3) is 0.200. The van der Waals surface area contributed by atoms with Gasteiger partial charge in [-0.15, -0.1) is 0 Å². The Bertz CT molecular complexity index is 666. The number of methoxy groups -OCH3 is 1. The summed E-state index contributed by atoms with van der Waals surface area (Å²) in [7, 11) is 3.12. The second-order valence-electron chi connectivity index (χ2n) is 4.40. The average molecular weight is 377 g/mol. The Balaban J connectivity index is 2.61. The van der Waals surface area contributed by atoms with E-state index in [1.54, 1.807) is 13.1 Å². The maximum absolute atomic E-state index is 14.1. The van der Waals surface area contributed by atoms with Crippen LogP contribution in [0.3, 0.4) is 0 Å². The Morgan fingerprint density at radius 1 is 1.14 bits per heavy atom. The normalized spacial score (nSPS) is 12.3. The van der Waals surface area contributed by atoms with E-state index in [2.05, 4.69) is 21.2 Å². The first kappa shape index (κ1) is 16.2. The van der Waals surface area contributed by atoms with E-state index >= 15 is 0 Å². The van der Waals surface area contributed by atoms with Gasteiger partial charge in [-0.3, -0.25) is 0 Å². The predicted molar refractivity (Wildman–Crippen MR) is 83.0 cm³/mol. The van der Waals surface area contributed by atoms with Gasteiger partial charge in [0.15, 0.2) is 0 Å². The van der Waals surface area contributed by atoms with Crippen LogP contribution in [0.5, 0.6) is 5.75 Å². The van der Waals surface area contributed by atoms with Crippen LogP contribution in [0, 0.1) is 11.6 Å². The number of rotatable bonds is 4. The molecule has 1 atom stereocenters. The summed E-state index contributed by atoms with van der Waals surface area (Å²) in [6, 6.07) is 6.62. The van der Waals surface area contributed by atoms with Gasteiger partial charge in [-0.25, -0.2) is 8.78 Å². The molecule has 2 rings (SSSR count). The molecule has 6 heteroatoms. The summed E-state index contributed by atoms with van der Waals surface area (Å²) in [6.07, 6.45) is 0. The fourth-order valence-corrected chi connectivity index (χ4v) is 2.70. The third kappa shape index (κ3) is 3.36. The zero-order chi connectivity index (χ0) is 15.6. The van der Waals surface area contributed by atoms with Crippen LogP contribution in [0.1, 0.15) is 17.2 Å². The van der Waals surface area contributed by atoms with Crippen LogP contribution >= 0.6 is 27.5 Å². The third-order valence-corrected chi connectivity index (χ3v) is 3.98. The molecular weight excluding hydrogens is 364 g/mol. The van der Waals surface area contributed by atoms with E-state index in [9.17, 15) is 8.78 Å². The van der Waals surface area contributed by atoms with Crippen LogP contribution < -0.4 is 10.1 Å². The number of nitrogens with one attached hydrogen (secondary N) is 1. The number of hydrogen-bond acceptors (Lipinski definition) is 2. The van der Waals surface area contributed by atoms with Crippen molar-refractivity contribution in [2.75, 3.05) is 14.2 Å². The molecule has 0 fully saturated rings. The zero-order valence-electron chi connectivity index (χ0n) is 11.4. The highest BCUT2D eigenvalue weighted by Crippen LogP contribution is 2.35. The van der Waals surface area contributed by atoms with Crippen molar-refractivity contribution in [2.45, 2.75) is 6.04 Å². The lowest BCUT2D eigenvalue weighted by Gasteiger charge is -2.21. The molecule has 2 nitrogen and oxygen atoms in total. The molecule has 21 heavy (non-hydrogen) atoms. The molecule has 0 heterocycles. The van der Waals surface area contributed by atoms with Crippen molar-refractivity contribution in [2.24, 2.45) is 0 Å². The quantitative estimate of drug-likeness (QED) is 0.835. The van der Waals surface area contributed by atoms with Gasteiger partial charge in [0.1, 0.15) is 17.4 Å². The highest BCUT2D eigenvalue weighted by molar-refractivity contribution is 9.10. The molecule has 0 aliphatic rings. The topological polar surface area (TPSA) is 21.3 Å². The van der Waals surface area contributed by atoms with Crippen LogP contribution in [0.15, 0.2) is 34.8 Å². The molecule has 0 saturated carbocycles. The summed E-state index contributed by atoms with van der Waals surface area (Å²) in [5, 5.41) is 3.43. The molecular formula is C15H13BrClF2NO. The largest absolute Gasteiger partial charge is 0.496 e. The summed E-state index contributed by atoms with van der Waals surface area (Å²) < 4.78 is 33.2. The number of hydrogen-bond donors (Lipinski definition) is 1. The van der Waals surface area contributed by atoms with Gasteiger partial charge in [0.05, 0.1) is 17.6 Å². The molecule has 2 aromatic carbocycles. The summed E-state index contributed by atoms with van der Waals surface area (Å²) in [5.74, 6) is -0.521. The minimum Gasteiger partial charge on any atom is -0.496 e. The van der Waals surface area contributed by atoms with Crippen molar-refractivity contribution in [3.05, 3.63) is 62.6 Å². The molecule has 1 N–H and O–H groups in total. The SMILES string of the molecule is CNC(c1cc(Cl)ccc1F)c1cc(Br)c(F)cc1OC. The molecule has 0 aromatic heterocycles. The summed E-state index contributed by atoms with van der Waals surface area (Å²) in [4.78, 5) is 0. The smallest absolute Gasteiger partial charge is 0.141 e. The molecule has 0 spiro atoms. The molecule has 0 radical (unpaired) electrons. The summed E-state index contributed by atoms with van der Waals surface area (Å²) in [6.45, 7) is 0. The van der Waals surface area contributed by atoms with Crippen molar-refractivity contribution in [1.29, 1.82) is 0 Å². The lowest BCUT2D eigenvalue weighted by atomic mass is 9.97. The lowest BCUT2D eigenvalue weighted by Crippen LogP contribution is -2.20. The maximum atomic E-state index is 14.1. The van der Waals surface area contributed by atoms with Gasteiger partial charge < -0.3 is 10.1 Å². The molecule has 2 aromatic rings. The molecule has 1 unspecified atom stereocenters. The fourth-order valence-electron chi connectivity index (χ4n) is 2.16. The van der Waals surface area contributed by atoms with E-state index in [4.69, 9.17) is 16.3 Å². The van der Waals surface area contributed by atoms with E-state index in [0.717, 1.165) is 0 Å². The zero-order valence-corrected chi connectivity index (χ0v) is 13.7. The predicted octanol–water partition coefficient (Wildman–Crippen LogP) is 4.70. The minimum absolute atomic E-state index is 0.279. The first-order chi connectivity index (χ1) is 9.97. The van der Waals surface area contributed by atoms with Crippen LogP contribution in [0.4, 0.5) is 8.78 Å². The Morgan fingerprint density at radius 2 is 1.86 bits per heavy atom. The van der Waals surface area contributed by atoms with E-state index < -0.39 is 17.7 Å². The first-order valence-electron chi connectivity index (χ1n) is 6.13. The van der Waals surface area contributed by atoms with Crippen LogP contribution in [-0.2, 0) is 0 Å². The summed E-state index contributed by atoms with van der Waals surface area (Å²) >= 11 is 9.07. The van der Waals surface area contributed by atoms with E-state index in [0.29, 0.717) is 21.9 Å². The molecule has 0 aliphatic heterocycles. The highest BCUT2D eigenvalue weighted by Gasteiger charge is 2.22. The van der Waals surface area contributed by atoms with E-state index in [-0.39, 0.29) is 4.47 Å². The highest BCUT2D eigenvalue weighted by atomic mass is 79.9. The van der Waals surface area contributed by atoms with Gasteiger partial charge in [0, 0.05) is 22.2 Å². The average Bonchev–Trinajstić information content (AvgIpc) is 2.46. The van der Waals surface area contributed by atoms with Crippen molar-refractivity contribution in [3.8, 4) is 5.75 Å². The van der Waals surface area contributed by atoms with Gasteiger partial charge in [0.25, 0.3) is 0 Å². The van der Waals surface area contributed by atoms with E-state index in [1.165, 1.54) is 31.4 Å². The molecule has 0 aliphatic carbocycles. The molecule has 0 bridgehead atoms. The third-order valence-electron chi connectivity index (χ3n) is 3.14. The van der Waals surface area contributed by atoms with Crippen molar-refractivity contribution in [3.63, 3.8) is 0 Å². The summed E-state index contributed by atoms with van der Waals surface area (Å²) in [5.41, 5.74) is 0.969. The number of ether oxygens (including phenoxy) is 1. The van der Waals surface area contributed by atoms with Gasteiger partial charge in [-0.2, -0.15) is 0 Å². The Kier molecular flexibility index (Phi) is 5.19.